The van der Waals surface area contributed by atoms with Crippen molar-refractivity contribution in [3.8, 4) is 0 Å². The zero-order chi connectivity index (χ0) is 10.4. The van der Waals surface area contributed by atoms with Crippen molar-refractivity contribution in [1.82, 2.24) is 0 Å². The highest BCUT2D eigenvalue weighted by Gasteiger charge is 1.95. The van der Waals surface area contributed by atoms with E-state index < -0.39 is 6.03 Å². The van der Waals surface area contributed by atoms with Gasteiger partial charge in [-0.2, -0.15) is 0 Å². The Hall–Kier alpha value is -1.81. The van der Waals surface area contributed by atoms with Gasteiger partial charge in [0, 0.05) is 12.2 Å². The Morgan fingerprint density at radius 3 is 2.93 bits per heavy atom. The second-order valence-corrected chi connectivity index (χ2v) is 2.75. The molecule has 2 amide bonds. The number of anilines is 1. The van der Waals surface area contributed by atoms with Crippen molar-refractivity contribution >= 4 is 17.8 Å². The number of carbonyl (C=O) groups is 1. The number of primary amides is 1. The number of rotatable bonds is 3. The van der Waals surface area contributed by atoms with Gasteiger partial charge in [-0.15, -0.1) is 0 Å². The lowest BCUT2D eigenvalue weighted by atomic mass is 10.2. The van der Waals surface area contributed by atoms with Gasteiger partial charge in [0.25, 0.3) is 0 Å². The van der Waals surface area contributed by atoms with Crippen LogP contribution < -0.4 is 16.8 Å². The number of hydrogen-bond donors (Lipinski definition) is 3. The summed E-state index contributed by atoms with van der Waals surface area (Å²) < 4.78 is 0. The molecule has 0 fully saturated rings. The van der Waals surface area contributed by atoms with E-state index in [0.717, 1.165) is 5.56 Å². The van der Waals surface area contributed by atoms with E-state index in [9.17, 15) is 4.79 Å². The average Bonchev–Trinajstić information content (AvgIpc) is 2.14. The zero-order valence-electron chi connectivity index (χ0n) is 7.73. The molecule has 0 radical (unpaired) electrons. The summed E-state index contributed by atoms with van der Waals surface area (Å²) in [7, 11) is 0. The van der Waals surface area contributed by atoms with E-state index in [2.05, 4.69) is 5.32 Å². The molecule has 0 atom stereocenters. The minimum atomic E-state index is -0.565. The van der Waals surface area contributed by atoms with E-state index in [-0.39, 0.29) is 0 Å². The molecule has 1 rings (SSSR count). The van der Waals surface area contributed by atoms with Crippen LogP contribution in [0.5, 0.6) is 0 Å². The van der Waals surface area contributed by atoms with Crippen LogP contribution in [0.2, 0.25) is 0 Å². The predicted octanol–water partition coefficient (Wildman–Crippen LogP) is 1.15. The molecule has 0 aromatic heterocycles. The highest BCUT2D eigenvalue weighted by atomic mass is 16.2. The lowest BCUT2D eigenvalue weighted by molar-refractivity contribution is 0.259. The molecule has 4 nitrogen and oxygen atoms in total. The number of urea groups is 1. The second kappa shape index (κ2) is 5.04. The number of benzene rings is 1. The van der Waals surface area contributed by atoms with Gasteiger partial charge in [-0.1, -0.05) is 24.3 Å². The fraction of sp³-hybridized carbons (Fsp3) is 0.100. The maximum atomic E-state index is 10.6. The van der Waals surface area contributed by atoms with Gasteiger partial charge in [0.1, 0.15) is 0 Å². The number of nitrogens with one attached hydrogen (secondary N) is 1. The lowest BCUT2D eigenvalue weighted by Gasteiger charge is -2.01. The van der Waals surface area contributed by atoms with Gasteiger partial charge in [-0.05, 0) is 17.7 Å². The molecule has 14 heavy (non-hydrogen) atoms. The van der Waals surface area contributed by atoms with E-state index >= 15 is 0 Å². The first kappa shape index (κ1) is 10.3. The summed E-state index contributed by atoms with van der Waals surface area (Å²) in [5, 5.41) is 2.50. The molecule has 0 aliphatic rings. The van der Waals surface area contributed by atoms with Gasteiger partial charge in [0.2, 0.25) is 0 Å². The first-order valence-electron chi connectivity index (χ1n) is 4.25. The van der Waals surface area contributed by atoms with Gasteiger partial charge in [0.15, 0.2) is 0 Å². The lowest BCUT2D eigenvalue weighted by Crippen LogP contribution is -2.19. The van der Waals surface area contributed by atoms with Crippen molar-refractivity contribution in [3.63, 3.8) is 0 Å². The molecule has 0 bridgehead atoms. The van der Waals surface area contributed by atoms with Crippen molar-refractivity contribution in [1.29, 1.82) is 0 Å². The monoisotopic (exact) mass is 191 g/mol. The normalized spacial score (nSPS) is 10.4. The van der Waals surface area contributed by atoms with Crippen LogP contribution >= 0.6 is 0 Å². The molecule has 0 aliphatic carbocycles. The number of nitrogens with two attached hydrogens (primary N) is 2. The van der Waals surface area contributed by atoms with Gasteiger partial charge < -0.3 is 16.8 Å². The van der Waals surface area contributed by atoms with Crippen molar-refractivity contribution in [2.75, 3.05) is 11.9 Å². The Balaban J connectivity index is 2.78. The smallest absolute Gasteiger partial charge is 0.316 e. The molecule has 5 N–H and O–H groups in total. The summed E-state index contributed by atoms with van der Waals surface area (Å²) >= 11 is 0. The maximum absolute atomic E-state index is 10.6. The topological polar surface area (TPSA) is 81.1 Å². The van der Waals surface area contributed by atoms with E-state index in [1.54, 1.807) is 6.07 Å². The average molecular weight is 191 g/mol. The summed E-state index contributed by atoms with van der Waals surface area (Å²) in [4.78, 5) is 10.6. The summed E-state index contributed by atoms with van der Waals surface area (Å²) in [6.07, 6.45) is 3.72. The minimum Gasteiger partial charge on any atom is -0.351 e. The van der Waals surface area contributed by atoms with Crippen LogP contribution in [0.15, 0.2) is 30.3 Å². The third kappa shape index (κ3) is 3.28. The maximum Gasteiger partial charge on any atom is 0.316 e. The van der Waals surface area contributed by atoms with Crippen molar-refractivity contribution < 1.29 is 4.79 Å². The summed E-state index contributed by atoms with van der Waals surface area (Å²) in [6, 6.07) is 6.77. The quantitative estimate of drug-likeness (QED) is 0.669. The van der Waals surface area contributed by atoms with Crippen molar-refractivity contribution in [2.45, 2.75) is 0 Å². The number of hydrogen-bond acceptors (Lipinski definition) is 2. The molecule has 4 heteroatoms. The Labute approximate surface area is 82.6 Å². The highest BCUT2D eigenvalue weighted by Crippen LogP contribution is 2.11. The summed E-state index contributed by atoms with van der Waals surface area (Å²) in [5.74, 6) is 0. The van der Waals surface area contributed by atoms with Crippen LogP contribution in [0, 0.1) is 0 Å². The van der Waals surface area contributed by atoms with Crippen LogP contribution in [-0.4, -0.2) is 12.6 Å². The highest BCUT2D eigenvalue weighted by molar-refractivity contribution is 5.88. The first-order chi connectivity index (χ1) is 6.72. The van der Waals surface area contributed by atoms with Gasteiger partial charge >= 0.3 is 6.03 Å². The van der Waals surface area contributed by atoms with E-state index in [1.807, 2.05) is 30.4 Å². The predicted molar refractivity (Wildman–Crippen MR) is 57.7 cm³/mol. The second-order valence-electron chi connectivity index (χ2n) is 2.75. The SMILES string of the molecule is NCC=Cc1cccc(NC(N)=O)c1. The van der Waals surface area contributed by atoms with Crippen molar-refractivity contribution in [2.24, 2.45) is 11.5 Å². The Morgan fingerprint density at radius 1 is 1.50 bits per heavy atom. The summed E-state index contributed by atoms with van der Waals surface area (Å²) in [6.45, 7) is 0.494. The number of amides is 2. The van der Waals surface area contributed by atoms with Gasteiger partial charge in [-0.3, -0.25) is 0 Å². The Bertz CT molecular complexity index is 347. The Morgan fingerprint density at radius 2 is 2.29 bits per heavy atom. The largest absolute Gasteiger partial charge is 0.351 e. The fourth-order valence-corrected chi connectivity index (χ4v) is 1.07. The Kier molecular flexibility index (Phi) is 3.69. The van der Waals surface area contributed by atoms with Crippen LogP contribution in [0.25, 0.3) is 6.08 Å². The molecule has 0 heterocycles. The third-order valence-electron chi connectivity index (χ3n) is 1.60. The molecule has 1 aromatic carbocycles. The molecule has 0 aliphatic heterocycles. The minimum absolute atomic E-state index is 0.494. The summed E-state index contributed by atoms with van der Waals surface area (Å²) in [5.41, 5.74) is 12.0. The standard InChI is InChI=1S/C10H13N3O/c11-6-2-4-8-3-1-5-9(7-8)13-10(12)14/h1-5,7H,6,11H2,(H3,12,13,14). The number of carbonyl (C=O) groups excluding carboxylic acids is 1. The molecule has 1 aromatic rings. The molecule has 74 valence electrons. The molecule has 0 spiro atoms. The van der Waals surface area contributed by atoms with Crippen LogP contribution in [-0.2, 0) is 0 Å². The van der Waals surface area contributed by atoms with Gasteiger partial charge in [0.05, 0.1) is 0 Å². The van der Waals surface area contributed by atoms with Crippen LogP contribution in [0.3, 0.4) is 0 Å². The first-order valence-corrected chi connectivity index (χ1v) is 4.25. The van der Waals surface area contributed by atoms with Crippen molar-refractivity contribution in [3.05, 3.63) is 35.9 Å². The van der Waals surface area contributed by atoms with E-state index in [1.165, 1.54) is 0 Å². The molecule has 0 saturated carbocycles. The third-order valence-corrected chi connectivity index (χ3v) is 1.60. The molecular formula is C10H13N3O. The van der Waals surface area contributed by atoms with Crippen LogP contribution in [0.1, 0.15) is 5.56 Å². The molecule has 0 saturated heterocycles. The fourth-order valence-electron chi connectivity index (χ4n) is 1.07. The zero-order valence-corrected chi connectivity index (χ0v) is 7.73. The molecular weight excluding hydrogens is 178 g/mol. The molecule has 0 unspecified atom stereocenters. The van der Waals surface area contributed by atoms with E-state index in [0.29, 0.717) is 12.2 Å². The van der Waals surface area contributed by atoms with Gasteiger partial charge in [-0.25, -0.2) is 4.79 Å². The van der Waals surface area contributed by atoms with E-state index in [4.69, 9.17) is 11.5 Å². The van der Waals surface area contributed by atoms with Crippen LogP contribution in [0.4, 0.5) is 10.5 Å².